The van der Waals surface area contributed by atoms with E-state index in [1.54, 1.807) is 5.57 Å². The second kappa shape index (κ2) is 8.88. The second-order valence-corrected chi connectivity index (χ2v) is 13.0. The molecule has 32 heavy (non-hydrogen) atoms. The maximum absolute atomic E-state index is 11.4. The number of aliphatic hydroxyl groups is 2. The highest BCUT2D eigenvalue weighted by Gasteiger charge is 2.58. The summed E-state index contributed by atoms with van der Waals surface area (Å²) in [4.78, 5) is 0. The largest absolute Gasteiger partial charge is 0.389 e. The fourth-order valence-electron chi connectivity index (χ4n) is 9.12. The van der Waals surface area contributed by atoms with E-state index in [4.69, 9.17) is 0 Å². The number of aliphatic hydroxyl groups excluding tert-OH is 2. The molecule has 2 N–H and O–H groups in total. The van der Waals surface area contributed by atoms with Crippen molar-refractivity contribution >= 4 is 0 Å². The average Bonchev–Trinajstić information content (AvgIpc) is 3.10. The molecule has 2 heteroatoms. The average molecular weight is 443 g/mol. The smallest absolute Gasteiger partial charge is 0.0761 e. The van der Waals surface area contributed by atoms with Gasteiger partial charge in [-0.05, 0) is 109 Å². The van der Waals surface area contributed by atoms with Gasteiger partial charge in [0.2, 0.25) is 0 Å². The lowest BCUT2D eigenvalue weighted by Gasteiger charge is -2.58. The summed E-state index contributed by atoms with van der Waals surface area (Å²) in [7, 11) is 0. The van der Waals surface area contributed by atoms with Crippen LogP contribution >= 0.6 is 0 Å². The molecule has 9 unspecified atom stereocenters. The molecule has 0 aromatic carbocycles. The minimum Gasteiger partial charge on any atom is -0.389 e. The highest BCUT2D eigenvalue weighted by Crippen LogP contribution is 2.66. The van der Waals surface area contributed by atoms with Crippen LogP contribution in [0.4, 0.5) is 0 Å². The highest BCUT2D eigenvalue weighted by molar-refractivity contribution is 5.39. The number of rotatable bonds is 6. The van der Waals surface area contributed by atoms with E-state index in [0.717, 1.165) is 48.5 Å². The minimum atomic E-state index is -0.377. The Balaban J connectivity index is 1.58. The normalized spacial score (nSPS) is 43.7. The van der Waals surface area contributed by atoms with Gasteiger partial charge in [0.25, 0.3) is 0 Å². The van der Waals surface area contributed by atoms with Crippen molar-refractivity contribution in [2.75, 3.05) is 0 Å². The van der Waals surface area contributed by atoms with Gasteiger partial charge in [0, 0.05) is 0 Å². The van der Waals surface area contributed by atoms with Gasteiger partial charge in [0.1, 0.15) is 0 Å². The van der Waals surface area contributed by atoms with E-state index >= 15 is 0 Å². The first-order chi connectivity index (χ1) is 15.0. The van der Waals surface area contributed by atoms with E-state index < -0.39 is 0 Å². The molecule has 0 heterocycles. The molecule has 0 aliphatic heterocycles. The van der Waals surface area contributed by atoms with Crippen LogP contribution in [0.2, 0.25) is 0 Å². The van der Waals surface area contributed by atoms with Crippen LogP contribution in [0.1, 0.15) is 106 Å². The lowest BCUT2D eigenvalue weighted by molar-refractivity contribution is -0.0327. The van der Waals surface area contributed by atoms with E-state index in [-0.39, 0.29) is 29.0 Å². The fraction of sp³-hybridized carbons (Fsp3) is 0.867. The molecule has 0 saturated heterocycles. The second-order valence-electron chi connectivity index (χ2n) is 13.0. The van der Waals surface area contributed by atoms with Crippen molar-refractivity contribution in [2.24, 2.45) is 46.3 Å². The van der Waals surface area contributed by atoms with E-state index in [0.29, 0.717) is 5.92 Å². The molecule has 0 bridgehead atoms. The van der Waals surface area contributed by atoms with Crippen molar-refractivity contribution < 1.29 is 10.2 Å². The molecule has 4 aliphatic carbocycles. The first-order valence-corrected chi connectivity index (χ1v) is 13.8. The molecule has 3 saturated carbocycles. The topological polar surface area (TPSA) is 40.5 Å². The fourth-order valence-corrected chi connectivity index (χ4v) is 9.12. The van der Waals surface area contributed by atoms with Gasteiger partial charge < -0.3 is 10.2 Å². The van der Waals surface area contributed by atoms with Crippen LogP contribution in [0.25, 0.3) is 0 Å². The predicted octanol–water partition coefficient (Wildman–Crippen LogP) is 7.31. The molecule has 9 atom stereocenters. The molecule has 0 aromatic rings. The molecule has 4 aliphatic rings. The Kier molecular flexibility index (Phi) is 6.80. The van der Waals surface area contributed by atoms with Gasteiger partial charge in [-0.3, -0.25) is 0 Å². The van der Waals surface area contributed by atoms with Crippen LogP contribution in [0.5, 0.6) is 0 Å². The number of fused-ring (bicyclic) bond motifs is 4. The molecule has 0 amide bonds. The van der Waals surface area contributed by atoms with Crippen LogP contribution in [-0.2, 0) is 0 Å². The Morgan fingerprint density at radius 3 is 2.34 bits per heavy atom. The lowest BCUT2D eigenvalue weighted by Crippen LogP contribution is -2.52. The van der Waals surface area contributed by atoms with E-state index in [1.807, 2.05) is 0 Å². The third-order valence-corrected chi connectivity index (χ3v) is 11.3. The van der Waals surface area contributed by atoms with Crippen molar-refractivity contribution in [3.05, 3.63) is 23.3 Å². The molecule has 0 aromatic heterocycles. The van der Waals surface area contributed by atoms with Gasteiger partial charge >= 0.3 is 0 Å². The van der Waals surface area contributed by atoms with Crippen molar-refractivity contribution in [1.82, 2.24) is 0 Å². The van der Waals surface area contributed by atoms with Crippen LogP contribution < -0.4 is 0 Å². The van der Waals surface area contributed by atoms with Crippen LogP contribution in [0.15, 0.2) is 23.3 Å². The third kappa shape index (κ3) is 3.76. The Labute approximate surface area is 198 Å². The molecular formula is C30H50O2. The van der Waals surface area contributed by atoms with Gasteiger partial charge in [0.15, 0.2) is 0 Å². The molecule has 0 spiro atoms. The number of allylic oxidation sites excluding steroid dienone is 1. The Bertz CT molecular complexity index is 750. The molecule has 3 fully saturated rings. The van der Waals surface area contributed by atoms with Crippen LogP contribution in [0, 0.1) is 46.3 Å². The SMILES string of the molecule is C=C1C(O)CCC2(C)C1CC(O)C1=C3CCC(C(C)CCC(CC)C(C)C)C3(C)CCC12. The zero-order valence-electron chi connectivity index (χ0n) is 21.8. The van der Waals surface area contributed by atoms with Crippen molar-refractivity contribution in [2.45, 2.75) is 118 Å². The monoisotopic (exact) mass is 442 g/mol. The summed E-state index contributed by atoms with van der Waals surface area (Å²) in [6, 6.07) is 0. The third-order valence-electron chi connectivity index (χ3n) is 11.3. The standard InChI is InChI=1S/C30H50O2/c1-8-21(18(2)3)10-9-19(4)22-11-12-23-28-24(13-15-29(22,23)6)30(7)16-14-26(31)20(5)25(30)17-27(28)32/h18-19,21-22,24-27,31-32H,5,8-17H2,1-4,6-7H3. The molecular weight excluding hydrogens is 392 g/mol. The Morgan fingerprint density at radius 1 is 0.969 bits per heavy atom. The van der Waals surface area contributed by atoms with Gasteiger partial charge in [0.05, 0.1) is 12.2 Å². The van der Waals surface area contributed by atoms with E-state index in [1.165, 1.54) is 50.5 Å². The Hall–Kier alpha value is -0.600. The summed E-state index contributed by atoms with van der Waals surface area (Å²) in [5, 5.41) is 21.9. The van der Waals surface area contributed by atoms with E-state index in [2.05, 4.69) is 48.1 Å². The van der Waals surface area contributed by atoms with Gasteiger partial charge in [-0.25, -0.2) is 0 Å². The maximum Gasteiger partial charge on any atom is 0.0761 e. The summed E-state index contributed by atoms with van der Waals surface area (Å²) in [6.45, 7) is 18.9. The summed E-state index contributed by atoms with van der Waals surface area (Å²) in [5.74, 6) is 3.90. The van der Waals surface area contributed by atoms with Gasteiger partial charge in [-0.2, -0.15) is 0 Å². The lowest BCUT2D eigenvalue weighted by atomic mass is 9.47. The first kappa shape index (κ1) is 24.5. The zero-order valence-corrected chi connectivity index (χ0v) is 21.8. The maximum atomic E-state index is 11.4. The number of hydrogen-bond acceptors (Lipinski definition) is 2. The summed E-state index contributed by atoms with van der Waals surface area (Å²) < 4.78 is 0. The summed E-state index contributed by atoms with van der Waals surface area (Å²) >= 11 is 0. The van der Waals surface area contributed by atoms with Crippen molar-refractivity contribution in [3.8, 4) is 0 Å². The quantitative estimate of drug-likeness (QED) is 0.423. The molecule has 182 valence electrons. The summed E-state index contributed by atoms with van der Waals surface area (Å²) in [6.07, 6.45) is 11.0. The molecule has 2 nitrogen and oxygen atoms in total. The van der Waals surface area contributed by atoms with E-state index in [9.17, 15) is 10.2 Å². The number of hydrogen-bond donors (Lipinski definition) is 2. The van der Waals surface area contributed by atoms with Gasteiger partial charge in [-0.1, -0.05) is 66.5 Å². The zero-order chi connectivity index (χ0) is 23.4. The minimum absolute atomic E-state index is 0.161. The van der Waals surface area contributed by atoms with Crippen molar-refractivity contribution in [3.63, 3.8) is 0 Å². The molecule has 4 rings (SSSR count). The van der Waals surface area contributed by atoms with Crippen molar-refractivity contribution in [1.29, 1.82) is 0 Å². The van der Waals surface area contributed by atoms with Crippen LogP contribution in [0.3, 0.4) is 0 Å². The van der Waals surface area contributed by atoms with Crippen LogP contribution in [-0.4, -0.2) is 22.4 Å². The first-order valence-electron chi connectivity index (χ1n) is 13.8. The predicted molar refractivity (Wildman–Crippen MR) is 134 cm³/mol. The molecule has 0 radical (unpaired) electrons. The summed E-state index contributed by atoms with van der Waals surface area (Å²) in [5.41, 5.74) is 4.51. The highest BCUT2D eigenvalue weighted by atomic mass is 16.3. The Morgan fingerprint density at radius 2 is 1.69 bits per heavy atom. The van der Waals surface area contributed by atoms with Gasteiger partial charge in [-0.15, -0.1) is 0 Å².